The van der Waals surface area contributed by atoms with Crippen molar-refractivity contribution in [1.29, 1.82) is 0 Å². The third-order valence-corrected chi connectivity index (χ3v) is 14.3. The van der Waals surface area contributed by atoms with Gasteiger partial charge in [-0.25, -0.2) is 13.4 Å². The van der Waals surface area contributed by atoms with Gasteiger partial charge in [0.1, 0.15) is 29.0 Å². The predicted octanol–water partition coefficient (Wildman–Crippen LogP) is 7.18. The van der Waals surface area contributed by atoms with Crippen LogP contribution in [0.2, 0.25) is 5.02 Å². The van der Waals surface area contributed by atoms with Crippen LogP contribution in [-0.2, 0) is 33.9 Å². The molecule has 2 aromatic carbocycles. The van der Waals surface area contributed by atoms with E-state index in [9.17, 15) is 27.6 Å². The van der Waals surface area contributed by atoms with Crippen LogP contribution in [0, 0.1) is 17.3 Å². The van der Waals surface area contributed by atoms with Gasteiger partial charge in [-0.15, -0.1) is 17.9 Å². The number of fused-ring (bicyclic) bond motifs is 3. The van der Waals surface area contributed by atoms with Crippen molar-refractivity contribution in [1.82, 2.24) is 19.9 Å². The van der Waals surface area contributed by atoms with Gasteiger partial charge in [-0.1, -0.05) is 74.8 Å². The van der Waals surface area contributed by atoms with E-state index in [1.807, 2.05) is 75.4 Å². The zero-order valence-corrected chi connectivity index (χ0v) is 35.9. The number of hydrogen-bond acceptors (Lipinski definition) is 10. The summed E-state index contributed by atoms with van der Waals surface area (Å²) in [5.74, 6) is -3.41. The Labute approximate surface area is 347 Å². The fourth-order valence-electron chi connectivity index (χ4n) is 7.64. The summed E-state index contributed by atoms with van der Waals surface area (Å²) in [6.07, 6.45) is 1.66. The third kappa shape index (κ3) is 8.46. The first-order valence-corrected chi connectivity index (χ1v) is 22.2. The van der Waals surface area contributed by atoms with Crippen LogP contribution < -0.4 is 14.8 Å². The maximum absolute atomic E-state index is 14.8. The van der Waals surface area contributed by atoms with Crippen molar-refractivity contribution in [2.75, 3.05) is 6.54 Å². The van der Waals surface area contributed by atoms with Crippen LogP contribution in [0.15, 0.2) is 67.3 Å². The molecule has 3 amide bonds. The first kappa shape index (κ1) is 41.6. The molecule has 2 aromatic heterocycles. The van der Waals surface area contributed by atoms with Crippen LogP contribution in [-0.4, -0.2) is 77.1 Å². The summed E-state index contributed by atoms with van der Waals surface area (Å²) in [6.45, 7) is 14.6. The molecule has 4 aromatic rings. The lowest BCUT2D eigenvalue weighted by Crippen LogP contribution is -2.57. The number of halogens is 1. The van der Waals surface area contributed by atoms with E-state index in [4.69, 9.17) is 26.1 Å². The molecule has 0 bridgehead atoms. The van der Waals surface area contributed by atoms with Crippen LogP contribution in [0.1, 0.15) is 73.6 Å². The minimum Gasteiger partial charge on any atom is -0.487 e. The molecule has 308 valence electrons. The van der Waals surface area contributed by atoms with Gasteiger partial charge in [0.15, 0.2) is 0 Å². The average Bonchev–Trinajstić information content (AvgIpc) is 4.04. The van der Waals surface area contributed by atoms with Crippen LogP contribution in [0.3, 0.4) is 0 Å². The number of carbonyl (C=O) groups is 4. The molecule has 1 aliphatic heterocycles. The molecule has 3 aliphatic rings. The van der Waals surface area contributed by atoms with Crippen LogP contribution >= 0.6 is 22.9 Å². The van der Waals surface area contributed by atoms with Gasteiger partial charge in [-0.2, -0.15) is 0 Å². The normalized spacial score (nSPS) is 22.7. The summed E-state index contributed by atoms with van der Waals surface area (Å²) in [4.78, 5) is 62.7. The Bertz CT molecular complexity index is 2420. The number of likely N-dealkylation sites (tertiary alicyclic amines) is 1. The van der Waals surface area contributed by atoms with Gasteiger partial charge in [-0.3, -0.25) is 23.9 Å². The highest BCUT2D eigenvalue weighted by atomic mass is 35.5. The molecule has 3 heterocycles. The van der Waals surface area contributed by atoms with Gasteiger partial charge in [-0.05, 0) is 57.6 Å². The summed E-state index contributed by atoms with van der Waals surface area (Å²) in [5, 5.41) is 3.53. The third-order valence-electron chi connectivity index (χ3n) is 11.0. The number of amides is 3. The zero-order chi connectivity index (χ0) is 41.9. The van der Waals surface area contributed by atoms with Crippen LogP contribution in [0.4, 0.5) is 0 Å². The number of nitrogens with zero attached hydrogens (tertiary/aromatic N) is 2. The quantitative estimate of drug-likeness (QED) is 0.111. The molecule has 2 aliphatic carbocycles. The van der Waals surface area contributed by atoms with Gasteiger partial charge in [0, 0.05) is 34.1 Å². The fourth-order valence-corrected chi connectivity index (χ4v) is 10.5. The topological polar surface area (TPSA) is 161 Å². The van der Waals surface area contributed by atoms with Crippen molar-refractivity contribution >= 4 is 77.0 Å². The molecular weight excluding hydrogens is 800 g/mol. The Morgan fingerprint density at radius 2 is 1.78 bits per heavy atom. The van der Waals surface area contributed by atoms with Gasteiger partial charge in [0.25, 0.3) is 5.91 Å². The Balaban J connectivity index is 1.25. The molecule has 7 rings (SSSR count). The molecule has 12 nitrogen and oxygen atoms in total. The van der Waals surface area contributed by atoms with Gasteiger partial charge >= 0.3 is 5.97 Å². The highest BCUT2D eigenvalue weighted by Gasteiger charge is 2.62. The van der Waals surface area contributed by atoms with Crippen LogP contribution in [0.25, 0.3) is 31.6 Å². The van der Waals surface area contributed by atoms with E-state index in [1.165, 1.54) is 22.3 Å². The van der Waals surface area contributed by atoms with Gasteiger partial charge in [0.05, 0.1) is 45.1 Å². The smallest absolute Gasteiger partial charge is 0.307 e. The molecule has 58 heavy (non-hydrogen) atoms. The van der Waals surface area contributed by atoms with Crippen molar-refractivity contribution in [3.8, 4) is 17.0 Å². The maximum atomic E-state index is 14.8. The largest absolute Gasteiger partial charge is 0.487 e. The lowest BCUT2D eigenvalue weighted by molar-refractivity contribution is -0.161. The lowest BCUT2D eigenvalue weighted by atomic mass is 9.77. The summed E-state index contributed by atoms with van der Waals surface area (Å²) in [7, 11) is -3.92. The number of benzene rings is 2. The molecule has 0 unspecified atom stereocenters. The second-order valence-corrected chi connectivity index (χ2v) is 21.1. The number of carbonyl (C=O) groups excluding carboxylic acids is 4. The van der Waals surface area contributed by atoms with E-state index in [0.29, 0.717) is 34.8 Å². The van der Waals surface area contributed by atoms with Gasteiger partial charge < -0.3 is 19.7 Å². The Kier molecular flexibility index (Phi) is 10.9. The standard InChI is InChI=1S/C43H49ClN4O8S2/c1-8-25-22-43(25,40(52)47-58(53,54)27-17-18-27)46-38(50)31-19-26(23-48(31)39(51)28(41(2,3)4)20-34(49)56-42(5,6)7)55-32-21-30(24-13-10-9-11-14-24)45-36-35-29(44)15-12-16-33(35)57-37(32)36/h8-16,21,25-28,31H,1,17-20,22-23H2,2-7H3,(H,46,50)(H,47,52)/t25-,26-,28-,31+,43-/m1/s1. The Morgan fingerprint density at radius 1 is 1.07 bits per heavy atom. The second-order valence-electron chi connectivity index (χ2n) is 17.6. The molecule has 0 radical (unpaired) electrons. The van der Waals surface area contributed by atoms with E-state index in [1.54, 1.807) is 20.8 Å². The molecule has 0 spiro atoms. The number of sulfonamides is 1. The average molecular weight is 849 g/mol. The van der Waals surface area contributed by atoms with Crippen molar-refractivity contribution in [2.24, 2.45) is 17.3 Å². The summed E-state index contributed by atoms with van der Waals surface area (Å²) < 4.78 is 41.9. The first-order valence-electron chi connectivity index (χ1n) is 19.5. The molecule has 3 fully saturated rings. The van der Waals surface area contributed by atoms with Crippen molar-refractivity contribution in [3.63, 3.8) is 0 Å². The van der Waals surface area contributed by atoms with Crippen molar-refractivity contribution in [3.05, 3.63) is 72.3 Å². The number of esters is 1. The summed E-state index contributed by atoms with van der Waals surface area (Å²) >= 11 is 8.21. The Hall–Kier alpha value is -4.53. The van der Waals surface area contributed by atoms with E-state index in [2.05, 4.69) is 16.6 Å². The summed E-state index contributed by atoms with van der Waals surface area (Å²) in [6, 6.07) is 16.0. The molecule has 5 atom stereocenters. The van der Waals surface area contributed by atoms with E-state index >= 15 is 0 Å². The second kappa shape index (κ2) is 15.3. The molecule has 15 heteroatoms. The predicted molar refractivity (Wildman–Crippen MR) is 225 cm³/mol. The minimum absolute atomic E-state index is 0.0197. The van der Waals surface area contributed by atoms with Gasteiger partial charge in [0.2, 0.25) is 21.8 Å². The maximum Gasteiger partial charge on any atom is 0.307 e. The lowest BCUT2D eigenvalue weighted by Gasteiger charge is -2.35. The van der Waals surface area contributed by atoms with E-state index < -0.39 is 79.5 Å². The van der Waals surface area contributed by atoms with Crippen molar-refractivity contribution < 1.29 is 37.1 Å². The number of nitrogens with one attached hydrogen (secondary N) is 2. The van der Waals surface area contributed by atoms with E-state index in [-0.39, 0.29) is 25.8 Å². The first-order chi connectivity index (χ1) is 27.2. The van der Waals surface area contributed by atoms with E-state index in [0.717, 1.165) is 20.3 Å². The highest BCUT2D eigenvalue weighted by Crippen LogP contribution is 2.47. The molecule has 2 N–H and O–H groups in total. The molecular formula is C43H49ClN4O8S2. The SMILES string of the molecule is C=C[C@@H]1C[C@]1(NC(=O)[C@@H]1C[C@@H](Oc2cc(-c3ccccc3)nc3c2sc2cccc(Cl)c23)CN1C(=O)[C@@H](CC(=O)OC(C)(C)C)C(C)(C)C)C(=O)NS(=O)(=O)C1CC1. The summed E-state index contributed by atoms with van der Waals surface area (Å²) in [5.41, 5.74) is -0.917. The molecule has 2 saturated carbocycles. The van der Waals surface area contributed by atoms with Crippen molar-refractivity contribution in [2.45, 2.75) is 102 Å². The monoisotopic (exact) mass is 848 g/mol. The number of rotatable bonds is 12. The number of thiophene rings is 1. The molecule has 1 saturated heterocycles. The number of hydrogen-bond donors (Lipinski definition) is 2. The Morgan fingerprint density at radius 3 is 2.40 bits per heavy atom. The van der Waals surface area contributed by atoms with Crippen LogP contribution in [0.5, 0.6) is 5.75 Å². The zero-order valence-electron chi connectivity index (χ0n) is 33.5. The highest BCUT2D eigenvalue weighted by molar-refractivity contribution is 7.91. The fraction of sp³-hybridized carbons (Fsp3) is 0.465. The number of aromatic nitrogens is 1. The number of ether oxygens (including phenoxy) is 2. The minimum atomic E-state index is -3.92. The number of pyridine rings is 1.